The van der Waals surface area contributed by atoms with Crippen LogP contribution in [0.2, 0.25) is 0 Å². The number of amides is 2. The molecule has 0 unspecified atom stereocenters. The van der Waals surface area contributed by atoms with Gasteiger partial charge in [0.1, 0.15) is 24.2 Å². The summed E-state index contributed by atoms with van der Waals surface area (Å²) >= 11 is 0. The first kappa shape index (κ1) is 44.1. The number of pyridine rings is 2. The summed E-state index contributed by atoms with van der Waals surface area (Å²) in [7, 11) is 1.64. The molecule has 17 heteroatoms. The lowest BCUT2D eigenvalue weighted by Crippen LogP contribution is -2.57. The maximum absolute atomic E-state index is 14.1. The van der Waals surface area contributed by atoms with Crippen molar-refractivity contribution in [2.24, 2.45) is 12.5 Å². The second kappa shape index (κ2) is 17.5. The van der Waals surface area contributed by atoms with Gasteiger partial charge in [-0.2, -0.15) is 0 Å². The number of carbonyl (C=O) groups is 2. The highest BCUT2D eigenvalue weighted by atomic mass is 16.6. The van der Waals surface area contributed by atoms with Crippen molar-refractivity contribution >= 4 is 46.2 Å². The van der Waals surface area contributed by atoms with Crippen molar-refractivity contribution in [1.82, 2.24) is 29.0 Å². The molecule has 2 saturated heterocycles. The number of piperidine rings is 1. The quantitative estimate of drug-likeness (QED) is 0.150. The molecule has 5 aromatic rings. The first-order valence-corrected chi connectivity index (χ1v) is 23.4. The van der Waals surface area contributed by atoms with E-state index in [4.69, 9.17) is 14.5 Å². The minimum atomic E-state index is -0.402. The molecule has 2 amide bonds. The van der Waals surface area contributed by atoms with Gasteiger partial charge in [0, 0.05) is 106 Å². The lowest BCUT2D eigenvalue weighted by atomic mass is 9.90. The molecule has 5 aliphatic rings. The topological polar surface area (TPSA) is 175 Å². The average molecular weight is 910 g/mol. The number of hydrogen-bond donors (Lipinski definition) is 3. The van der Waals surface area contributed by atoms with Gasteiger partial charge in [0.25, 0.3) is 17.3 Å². The van der Waals surface area contributed by atoms with E-state index < -0.39 is 6.61 Å². The number of anilines is 6. The second-order valence-corrected chi connectivity index (χ2v) is 19.3. The van der Waals surface area contributed by atoms with Crippen LogP contribution in [0.3, 0.4) is 0 Å². The molecule has 8 heterocycles. The third kappa shape index (κ3) is 8.28. The third-order valence-corrected chi connectivity index (χ3v) is 14.0. The molecule has 10 rings (SSSR count). The zero-order chi connectivity index (χ0) is 46.7. The molecule has 0 radical (unpaired) electrons. The fourth-order valence-electron chi connectivity index (χ4n) is 10.8. The summed E-state index contributed by atoms with van der Waals surface area (Å²) in [6.07, 6.45) is 10.1. The molecule has 0 spiro atoms. The van der Waals surface area contributed by atoms with Gasteiger partial charge >= 0.3 is 0 Å². The lowest BCUT2D eigenvalue weighted by Gasteiger charge is -2.47. The molecular formula is C50H59N11O6. The average Bonchev–Trinajstić information content (AvgIpc) is 3.82. The number of aryl methyl sites for hydroxylation is 1. The molecule has 0 bridgehead atoms. The first-order chi connectivity index (χ1) is 32.3. The van der Waals surface area contributed by atoms with Crippen molar-refractivity contribution in [1.29, 1.82) is 0 Å². The summed E-state index contributed by atoms with van der Waals surface area (Å²) < 4.78 is 15.6. The number of aliphatic hydroxyl groups is 1. The fourth-order valence-corrected chi connectivity index (χ4v) is 10.8. The van der Waals surface area contributed by atoms with E-state index in [1.807, 2.05) is 37.3 Å². The van der Waals surface area contributed by atoms with Crippen molar-refractivity contribution in [3.05, 3.63) is 101 Å². The molecule has 67 heavy (non-hydrogen) atoms. The van der Waals surface area contributed by atoms with Crippen LogP contribution in [0.25, 0.3) is 11.3 Å². The summed E-state index contributed by atoms with van der Waals surface area (Å²) in [5.74, 6) is 1.20. The van der Waals surface area contributed by atoms with Crippen molar-refractivity contribution in [2.45, 2.75) is 84.7 Å². The minimum Gasteiger partial charge on any atom is -0.482 e. The highest BCUT2D eigenvalue weighted by Crippen LogP contribution is 2.42. The van der Waals surface area contributed by atoms with E-state index >= 15 is 0 Å². The largest absolute Gasteiger partial charge is 0.482 e. The van der Waals surface area contributed by atoms with Crippen LogP contribution in [-0.2, 0) is 37.8 Å². The van der Waals surface area contributed by atoms with E-state index in [1.54, 1.807) is 36.6 Å². The molecule has 17 nitrogen and oxygen atoms in total. The molecule has 2 atom stereocenters. The summed E-state index contributed by atoms with van der Waals surface area (Å²) in [6.45, 7) is 17.8. The van der Waals surface area contributed by atoms with Crippen LogP contribution in [0.4, 0.5) is 34.4 Å². The number of carbonyl (C=O) groups excluding carboxylic acids is 2. The second-order valence-electron chi connectivity index (χ2n) is 19.3. The van der Waals surface area contributed by atoms with Gasteiger partial charge < -0.3 is 44.1 Å². The van der Waals surface area contributed by atoms with Gasteiger partial charge in [0.15, 0.2) is 5.82 Å². The molecule has 4 aromatic heterocycles. The maximum atomic E-state index is 14.1. The highest BCUT2D eigenvalue weighted by Gasteiger charge is 2.38. The highest BCUT2D eigenvalue weighted by molar-refractivity contribution is 6.06. The number of hydrogen-bond acceptors (Lipinski definition) is 13. The van der Waals surface area contributed by atoms with Crippen LogP contribution in [-0.4, -0.2) is 110 Å². The standard InChI is InChI=1S/C50H59N11O6/c1-7-43(63)54-37-23-33(8-9-39(37)59-19-18-58(26-30(59)2)34-12-16-57(17-13-34)40-11-15-52-47-44(40)66-29-31(3)67-47)53-45-49(65)56(6)27-38(55-45)35-10-14-51-46(36(35)28-62)61-21-20-60-41(48(61)64)22-32-24-50(4,5)25-42(32)60/h7-11,14-15,22-23,27,30-31,34,62H,1,12-13,16-21,24-26,28-29H2,2-6H3,(H,53,55)(H,54,63)/t30-,31+/m0/s1. The van der Waals surface area contributed by atoms with Gasteiger partial charge in [-0.25, -0.2) is 15.0 Å². The van der Waals surface area contributed by atoms with Crippen molar-refractivity contribution in [3.8, 4) is 22.9 Å². The fraction of sp³-hybridized carbons (Fsp3) is 0.440. The van der Waals surface area contributed by atoms with Crippen LogP contribution in [0.1, 0.15) is 67.8 Å². The molecule has 1 aliphatic carbocycles. The molecule has 3 N–H and O–H groups in total. The predicted octanol–water partition coefficient (Wildman–Crippen LogP) is 5.52. The normalized spacial score (nSPS) is 20.4. The summed E-state index contributed by atoms with van der Waals surface area (Å²) in [6, 6.07) is 12.0. The summed E-state index contributed by atoms with van der Waals surface area (Å²) in [4.78, 5) is 63.3. The third-order valence-electron chi connectivity index (χ3n) is 14.0. The van der Waals surface area contributed by atoms with Crippen molar-refractivity contribution < 1.29 is 24.2 Å². The van der Waals surface area contributed by atoms with E-state index in [0.29, 0.717) is 71.3 Å². The van der Waals surface area contributed by atoms with E-state index in [0.717, 1.165) is 75.5 Å². The van der Waals surface area contributed by atoms with Gasteiger partial charge in [-0.3, -0.25) is 24.2 Å². The van der Waals surface area contributed by atoms with Gasteiger partial charge in [-0.05, 0) is 93.0 Å². The maximum Gasteiger partial charge on any atom is 0.293 e. The minimum absolute atomic E-state index is 0.0258. The van der Waals surface area contributed by atoms with Crippen LogP contribution < -0.4 is 40.4 Å². The van der Waals surface area contributed by atoms with Crippen LogP contribution in [0, 0.1) is 5.41 Å². The number of aliphatic hydroxyl groups excluding tert-OH is 1. The number of benzene rings is 1. The summed E-state index contributed by atoms with van der Waals surface area (Å²) in [5.41, 5.74) is 7.29. The van der Waals surface area contributed by atoms with E-state index in [1.165, 1.54) is 21.9 Å². The smallest absolute Gasteiger partial charge is 0.293 e. The number of piperazine rings is 1. The van der Waals surface area contributed by atoms with Crippen molar-refractivity contribution in [3.63, 3.8) is 0 Å². The Balaban J connectivity index is 0.853. The Morgan fingerprint density at radius 2 is 1.79 bits per heavy atom. The van der Waals surface area contributed by atoms with Gasteiger partial charge in [0.2, 0.25) is 11.7 Å². The zero-order valence-corrected chi connectivity index (χ0v) is 38.9. The van der Waals surface area contributed by atoms with Gasteiger partial charge in [0.05, 0.1) is 29.4 Å². The molecule has 2 fully saturated rings. The Morgan fingerprint density at radius 3 is 2.57 bits per heavy atom. The Hall–Kier alpha value is -6.72. The molecular weight excluding hydrogens is 851 g/mol. The Kier molecular flexibility index (Phi) is 11.5. The number of aromatic nitrogens is 5. The Labute approximate surface area is 390 Å². The SMILES string of the molecule is C=CC(=O)Nc1cc(Nc2nc(-c3ccnc(N4CCn5c(cc6c5CC(C)(C)C6)C4=O)c3CO)cn(C)c2=O)ccc1N1CCN(C2CCN(c3ccnc4c3OC[C@@H](C)O4)CC2)C[C@@H]1C. The monoisotopic (exact) mass is 909 g/mol. The first-order valence-electron chi connectivity index (χ1n) is 23.4. The molecule has 0 saturated carbocycles. The van der Waals surface area contributed by atoms with Gasteiger partial charge in [-0.1, -0.05) is 20.4 Å². The van der Waals surface area contributed by atoms with Crippen LogP contribution >= 0.6 is 0 Å². The van der Waals surface area contributed by atoms with E-state index in [9.17, 15) is 19.5 Å². The zero-order valence-electron chi connectivity index (χ0n) is 38.9. The van der Waals surface area contributed by atoms with Gasteiger partial charge in [-0.15, -0.1) is 0 Å². The number of nitrogens with one attached hydrogen (secondary N) is 2. The van der Waals surface area contributed by atoms with Crippen LogP contribution in [0.15, 0.2) is 72.4 Å². The van der Waals surface area contributed by atoms with Crippen molar-refractivity contribution in [2.75, 3.05) is 71.2 Å². The Bertz CT molecular complexity index is 2830. The lowest BCUT2D eigenvalue weighted by molar-refractivity contribution is -0.111. The van der Waals surface area contributed by atoms with E-state index in [-0.39, 0.29) is 40.8 Å². The van der Waals surface area contributed by atoms with E-state index in [2.05, 4.69) is 67.2 Å². The molecule has 4 aliphatic heterocycles. The molecule has 350 valence electrons. The number of rotatable bonds is 10. The number of ether oxygens (including phenoxy) is 2. The number of fused-ring (bicyclic) bond motifs is 4. The summed E-state index contributed by atoms with van der Waals surface area (Å²) in [5, 5.41) is 17.1. The predicted molar refractivity (Wildman–Crippen MR) is 258 cm³/mol. The van der Waals surface area contributed by atoms with Crippen LogP contribution in [0.5, 0.6) is 11.6 Å². The number of nitrogens with zero attached hydrogens (tertiary/aromatic N) is 9. The Morgan fingerprint density at radius 1 is 0.985 bits per heavy atom. The molecule has 1 aromatic carbocycles.